The van der Waals surface area contributed by atoms with Crippen molar-refractivity contribution in [1.29, 1.82) is 5.26 Å². The summed E-state index contributed by atoms with van der Waals surface area (Å²) >= 11 is 0. The van der Waals surface area contributed by atoms with Crippen molar-refractivity contribution >= 4 is 21.5 Å². The zero-order valence-corrected chi connectivity index (χ0v) is 15.3. The lowest BCUT2D eigenvalue weighted by atomic mass is 10.2. The van der Waals surface area contributed by atoms with Crippen molar-refractivity contribution in [3.63, 3.8) is 0 Å². The molecule has 7 nitrogen and oxygen atoms in total. The maximum atomic E-state index is 13.0. The summed E-state index contributed by atoms with van der Waals surface area (Å²) in [5, 5.41) is 12.0. The van der Waals surface area contributed by atoms with E-state index in [2.05, 4.69) is 10.3 Å². The average Bonchev–Trinajstić information content (AvgIpc) is 2.68. The summed E-state index contributed by atoms with van der Waals surface area (Å²) in [6, 6.07) is 11.9. The van der Waals surface area contributed by atoms with Gasteiger partial charge in [0.05, 0.1) is 7.11 Å². The molecule has 2 heterocycles. The number of methoxy groups -OCH3 is 1. The van der Waals surface area contributed by atoms with Gasteiger partial charge in [0.25, 0.3) is 0 Å². The molecule has 0 bridgehead atoms. The molecule has 1 aromatic carbocycles. The van der Waals surface area contributed by atoms with Crippen molar-refractivity contribution in [2.45, 2.75) is 24.2 Å². The zero-order valence-electron chi connectivity index (χ0n) is 14.5. The lowest BCUT2D eigenvalue weighted by Gasteiger charge is -2.26. The van der Waals surface area contributed by atoms with E-state index in [4.69, 9.17) is 10.00 Å². The average molecular weight is 372 g/mol. The minimum absolute atomic E-state index is 0.128. The van der Waals surface area contributed by atoms with E-state index in [0.29, 0.717) is 30.3 Å². The number of nitriles is 1. The van der Waals surface area contributed by atoms with Gasteiger partial charge >= 0.3 is 0 Å². The molecule has 0 aliphatic carbocycles. The number of hydrogen-bond donors (Lipinski definition) is 1. The number of rotatable bonds is 5. The maximum Gasteiger partial charge on any atom is 0.246 e. The number of ether oxygens (including phenoxy) is 1. The van der Waals surface area contributed by atoms with Crippen molar-refractivity contribution in [3.8, 4) is 11.8 Å². The third kappa shape index (κ3) is 3.79. The number of aromatic nitrogens is 1. The monoisotopic (exact) mass is 372 g/mol. The second-order valence-electron chi connectivity index (χ2n) is 5.98. The van der Waals surface area contributed by atoms with Crippen molar-refractivity contribution in [3.05, 3.63) is 42.1 Å². The van der Waals surface area contributed by atoms with Crippen LogP contribution in [0.4, 0.5) is 11.5 Å². The summed E-state index contributed by atoms with van der Waals surface area (Å²) in [6.45, 7) is 1.05. The zero-order chi connectivity index (χ0) is 18.6. The Morgan fingerprint density at radius 1 is 1.19 bits per heavy atom. The normalized spacial score (nSPS) is 15.2. The molecular formula is C18H20N4O3S. The highest BCUT2D eigenvalue weighted by molar-refractivity contribution is 7.89. The largest absolute Gasteiger partial charge is 0.495 e. The van der Waals surface area contributed by atoms with Gasteiger partial charge in [-0.3, -0.25) is 0 Å². The van der Waals surface area contributed by atoms with Gasteiger partial charge in [-0.1, -0.05) is 12.5 Å². The summed E-state index contributed by atoms with van der Waals surface area (Å²) in [6.07, 6.45) is 2.78. The molecule has 26 heavy (non-hydrogen) atoms. The molecular weight excluding hydrogens is 352 g/mol. The maximum absolute atomic E-state index is 13.0. The Morgan fingerprint density at radius 3 is 2.65 bits per heavy atom. The van der Waals surface area contributed by atoms with E-state index in [1.165, 1.54) is 11.4 Å². The number of piperidine rings is 1. The van der Waals surface area contributed by atoms with Crippen LogP contribution in [0.15, 0.2) is 41.3 Å². The highest BCUT2D eigenvalue weighted by Gasteiger charge is 2.29. The smallest absolute Gasteiger partial charge is 0.246 e. The minimum Gasteiger partial charge on any atom is -0.495 e. The van der Waals surface area contributed by atoms with Crippen LogP contribution in [0.25, 0.3) is 0 Å². The Bertz CT molecular complexity index is 932. The van der Waals surface area contributed by atoms with Gasteiger partial charge in [0.2, 0.25) is 10.0 Å². The van der Waals surface area contributed by atoms with Crippen molar-refractivity contribution < 1.29 is 13.2 Å². The minimum atomic E-state index is -3.64. The number of benzene rings is 1. The fraction of sp³-hybridized carbons (Fsp3) is 0.333. The number of pyridine rings is 1. The number of hydrogen-bond acceptors (Lipinski definition) is 6. The van der Waals surface area contributed by atoms with Crippen molar-refractivity contribution in [2.75, 3.05) is 25.5 Å². The second kappa shape index (κ2) is 7.72. The molecule has 136 valence electrons. The second-order valence-corrected chi connectivity index (χ2v) is 7.88. The van der Waals surface area contributed by atoms with E-state index >= 15 is 0 Å². The molecule has 0 unspecified atom stereocenters. The van der Waals surface area contributed by atoms with Crippen LogP contribution in [-0.2, 0) is 10.0 Å². The first-order chi connectivity index (χ1) is 12.5. The number of nitrogens with one attached hydrogen (secondary N) is 1. The molecule has 1 N–H and O–H groups in total. The van der Waals surface area contributed by atoms with Crippen LogP contribution >= 0.6 is 0 Å². The van der Waals surface area contributed by atoms with E-state index in [1.54, 1.807) is 36.4 Å². The molecule has 0 radical (unpaired) electrons. The standard InChI is InChI=1S/C18H20N4O3S/c1-25-16-9-8-14(20-18-7-5-6-15(13-19)21-18)12-17(16)26(23,24)22-10-3-2-4-11-22/h5-9,12H,2-4,10-11H2,1H3,(H,20,21). The van der Waals surface area contributed by atoms with Crippen LogP contribution in [0.5, 0.6) is 5.75 Å². The number of sulfonamides is 1. The van der Waals surface area contributed by atoms with Crippen LogP contribution in [0.2, 0.25) is 0 Å². The Labute approximate surface area is 153 Å². The van der Waals surface area contributed by atoms with Crippen LogP contribution < -0.4 is 10.1 Å². The first-order valence-corrected chi connectivity index (χ1v) is 9.81. The van der Waals surface area contributed by atoms with Gasteiger partial charge < -0.3 is 10.1 Å². The molecule has 0 amide bonds. The molecule has 8 heteroatoms. The molecule has 0 spiro atoms. The fourth-order valence-electron chi connectivity index (χ4n) is 2.91. The molecule has 1 fully saturated rings. The molecule has 1 saturated heterocycles. The fourth-order valence-corrected chi connectivity index (χ4v) is 4.61. The quantitative estimate of drug-likeness (QED) is 0.867. The van der Waals surface area contributed by atoms with Crippen LogP contribution in [0.1, 0.15) is 25.0 Å². The lowest BCUT2D eigenvalue weighted by molar-refractivity contribution is 0.343. The SMILES string of the molecule is COc1ccc(Nc2cccc(C#N)n2)cc1S(=O)(=O)N1CCCCC1. The predicted octanol–water partition coefficient (Wildman–Crippen LogP) is 2.88. The molecule has 2 aromatic rings. The number of anilines is 2. The molecule has 1 aromatic heterocycles. The van der Waals surface area contributed by atoms with Crippen LogP contribution in [0.3, 0.4) is 0 Å². The van der Waals surface area contributed by atoms with Gasteiger partial charge in [0.15, 0.2) is 0 Å². The molecule has 0 saturated carbocycles. The van der Waals surface area contributed by atoms with E-state index in [0.717, 1.165) is 19.3 Å². The predicted molar refractivity (Wildman–Crippen MR) is 97.8 cm³/mol. The van der Waals surface area contributed by atoms with E-state index in [1.807, 2.05) is 6.07 Å². The topological polar surface area (TPSA) is 95.3 Å². The summed E-state index contributed by atoms with van der Waals surface area (Å²) in [4.78, 5) is 4.28. The van der Waals surface area contributed by atoms with Gasteiger partial charge in [0, 0.05) is 18.8 Å². The molecule has 1 aliphatic heterocycles. The molecule has 0 atom stereocenters. The molecule has 1 aliphatic rings. The van der Waals surface area contributed by atoms with E-state index < -0.39 is 10.0 Å². The van der Waals surface area contributed by atoms with Gasteiger partial charge in [-0.2, -0.15) is 9.57 Å². The first-order valence-electron chi connectivity index (χ1n) is 8.37. The Balaban J connectivity index is 1.94. The third-order valence-electron chi connectivity index (χ3n) is 4.23. The Morgan fingerprint density at radius 2 is 1.96 bits per heavy atom. The van der Waals surface area contributed by atoms with Gasteiger partial charge in [-0.05, 0) is 43.2 Å². The van der Waals surface area contributed by atoms with Crippen molar-refractivity contribution in [2.24, 2.45) is 0 Å². The lowest BCUT2D eigenvalue weighted by Crippen LogP contribution is -2.35. The third-order valence-corrected chi connectivity index (χ3v) is 6.15. The number of nitrogens with zero attached hydrogens (tertiary/aromatic N) is 3. The van der Waals surface area contributed by atoms with Crippen molar-refractivity contribution in [1.82, 2.24) is 9.29 Å². The summed E-state index contributed by atoms with van der Waals surface area (Å²) in [5.41, 5.74) is 0.841. The summed E-state index contributed by atoms with van der Waals surface area (Å²) in [7, 11) is -2.18. The van der Waals surface area contributed by atoms with Gasteiger partial charge in [0.1, 0.15) is 28.2 Å². The first kappa shape index (κ1) is 18.2. The van der Waals surface area contributed by atoms with E-state index in [9.17, 15) is 8.42 Å². The van der Waals surface area contributed by atoms with Gasteiger partial charge in [-0.15, -0.1) is 0 Å². The van der Waals surface area contributed by atoms with Crippen LogP contribution in [0, 0.1) is 11.3 Å². The highest BCUT2D eigenvalue weighted by Crippen LogP contribution is 2.31. The van der Waals surface area contributed by atoms with Crippen LogP contribution in [-0.4, -0.2) is 37.9 Å². The summed E-state index contributed by atoms with van der Waals surface area (Å²) in [5.74, 6) is 0.774. The Hall–Kier alpha value is -2.63. The molecule has 3 rings (SSSR count). The van der Waals surface area contributed by atoms with Gasteiger partial charge in [-0.25, -0.2) is 13.4 Å². The van der Waals surface area contributed by atoms with E-state index in [-0.39, 0.29) is 10.6 Å². The summed E-state index contributed by atoms with van der Waals surface area (Å²) < 4.78 is 32.8. The Kier molecular flexibility index (Phi) is 5.40. The highest BCUT2D eigenvalue weighted by atomic mass is 32.2.